The van der Waals surface area contributed by atoms with E-state index in [1.807, 2.05) is 0 Å². The zero-order valence-corrected chi connectivity index (χ0v) is 14.3. The maximum atomic E-state index is 2.42. The third-order valence-corrected chi connectivity index (χ3v) is 11.5. The molecule has 0 unspecified atom stereocenters. The molecule has 1 heteroatoms. The Labute approximate surface area is 122 Å². The van der Waals surface area contributed by atoms with Gasteiger partial charge in [-0.25, -0.2) is 0 Å². The van der Waals surface area contributed by atoms with E-state index in [1.54, 1.807) is 0 Å². The third kappa shape index (κ3) is 4.54. The van der Waals surface area contributed by atoms with E-state index in [0.29, 0.717) is 4.25 Å². The van der Waals surface area contributed by atoms with Crippen LogP contribution in [0.4, 0.5) is 0 Å². The first-order chi connectivity index (χ1) is 9.05. The molecule has 0 fully saturated rings. The Morgan fingerprint density at radius 3 is 1.37 bits per heavy atom. The summed E-state index contributed by atoms with van der Waals surface area (Å²) in [5.41, 5.74) is 3.03. The number of hydrogen-bond acceptors (Lipinski definition) is 0. The first-order valence-corrected chi connectivity index (χ1v) is 11.0. The molecule has 0 spiro atoms. The second kappa shape index (κ2) is 6.43. The van der Waals surface area contributed by atoms with Crippen molar-refractivity contribution in [2.24, 2.45) is 0 Å². The summed E-state index contributed by atoms with van der Waals surface area (Å²) in [5.74, 6) is 0. The topological polar surface area (TPSA) is 0 Å². The molecule has 1 radical (unpaired) electrons. The van der Waals surface area contributed by atoms with Gasteiger partial charge in [0, 0.05) is 0 Å². The molecule has 0 aromatic heterocycles. The van der Waals surface area contributed by atoms with Gasteiger partial charge in [0.2, 0.25) is 0 Å². The molecule has 0 aliphatic heterocycles. The summed E-state index contributed by atoms with van der Waals surface area (Å²) in [6.07, 6.45) is 0. The van der Waals surface area contributed by atoms with Crippen molar-refractivity contribution in [1.82, 2.24) is 0 Å². The third-order valence-electron chi connectivity index (χ3n) is 3.58. The van der Waals surface area contributed by atoms with Gasteiger partial charge in [-0.05, 0) is 0 Å². The zero-order valence-electron chi connectivity index (χ0n) is 12.2. The molecular weight excluding hydrogens is 289 g/mol. The average molecular weight is 312 g/mol. The van der Waals surface area contributed by atoms with Crippen LogP contribution in [-0.4, -0.2) is 14.3 Å². The van der Waals surface area contributed by atoms with E-state index in [1.165, 1.54) is 21.6 Å². The molecule has 0 aliphatic carbocycles. The van der Waals surface area contributed by atoms with Gasteiger partial charge in [0.25, 0.3) is 0 Å². The summed E-state index contributed by atoms with van der Waals surface area (Å²) in [5, 5.41) is 2.64. The van der Waals surface area contributed by atoms with E-state index in [4.69, 9.17) is 0 Å². The fourth-order valence-corrected chi connectivity index (χ4v) is 7.82. The van der Waals surface area contributed by atoms with E-state index in [-0.39, 0.29) is 0 Å². The van der Waals surface area contributed by atoms with E-state index >= 15 is 0 Å². The first kappa shape index (κ1) is 14.4. The number of rotatable bonds is 4. The summed E-state index contributed by atoms with van der Waals surface area (Å²) in [4.78, 5) is 0. The molecule has 19 heavy (non-hydrogen) atoms. The molecule has 2 aromatic rings. The molecule has 0 atom stereocenters. The molecule has 0 heterocycles. The second-order valence-corrected chi connectivity index (χ2v) is 13.3. The van der Waals surface area contributed by atoms with E-state index in [9.17, 15) is 0 Å². The normalized spacial score (nSPS) is 11.8. The second-order valence-electron chi connectivity index (χ2n) is 6.18. The van der Waals surface area contributed by atoms with Gasteiger partial charge >= 0.3 is 122 Å². The summed E-state index contributed by atoms with van der Waals surface area (Å²) in [6.45, 7) is 7.27. The molecule has 0 saturated carbocycles. The van der Waals surface area contributed by atoms with Gasteiger partial charge in [-0.1, -0.05) is 0 Å². The van der Waals surface area contributed by atoms with E-state index in [2.05, 4.69) is 81.4 Å². The van der Waals surface area contributed by atoms with Crippen molar-refractivity contribution >= 4 is 14.3 Å². The van der Waals surface area contributed by atoms with Crippen molar-refractivity contribution in [3.63, 3.8) is 0 Å². The minimum atomic E-state index is -1.18. The Morgan fingerprint density at radius 1 is 0.684 bits per heavy atom. The molecule has 0 N–H and O–H groups in total. The van der Waals surface area contributed by atoms with Crippen LogP contribution in [0.15, 0.2) is 60.7 Å². The van der Waals surface area contributed by atoms with Gasteiger partial charge in [0.05, 0.1) is 0 Å². The fraction of sp³-hybridized carbons (Fsp3) is 0.333. The summed E-state index contributed by atoms with van der Waals surface area (Å²) < 4.78 is 0.492. The van der Waals surface area contributed by atoms with E-state index < -0.39 is 14.3 Å². The molecule has 0 nitrogen and oxygen atoms in total. The van der Waals surface area contributed by atoms with E-state index in [0.717, 1.165) is 0 Å². The van der Waals surface area contributed by atoms with Gasteiger partial charge < -0.3 is 0 Å². The van der Waals surface area contributed by atoms with Crippen molar-refractivity contribution in [3.05, 3.63) is 71.8 Å². The van der Waals surface area contributed by atoms with Gasteiger partial charge in [0.1, 0.15) is 0 Å². The van der Waals surface area contributed by atoms with Crippen LogP contribution < -0.4 is 0 Å². The molecule has 0 amide bonds. The first-order valence-electron chi connectivity index (χ1n) is 6.99. The molecule has 0 bridgehead atoms. The Hall–Kier alpha value is -1.02. The van der Waals surface area contributed by atoms with Crippen LogP contribution in [0.2, 0.25) is 4.25 Å². The van der Waals surface area contributed by atoms with Gasteiger partial charge in [-0.15, -0.1) is 0 Å². The molecule has 99 valence electrons. The van der Waals surface area contributed by atoms with Gasteiger partial charge in [0.15, 0.2) is 0 Å². The van der Waals surface area contributed by atoms with Crippen molar-refractivity contribution in [1.29, 1.82) is 0 Å². The van der Waals surface area contributed by atoms with Crippen LogP contribution in [0.5, 0.6) is 0 Å². The van der Waals surface area contributed by atoms with Crippen LogP contribution in [0.25, 0.3) is 0 Å². The summed E-state index contributed by atoms with van der Waals surface area (Å²) in [6, 6.07) is 22.0. The molecule has 2 aromatic carbocycles. The van der Waals surface area contributed by atoms with Gasteiger partial charge in [-0.2, -0.15) is 0 Å². The molecule has 2 rings (SSSR count). The fourth-order valence-electron chi connectivity index (χ4n) is 2.28. The predicted octanol–water partition coefficient (Wildman–Crippen LogP) is 4.85. The van der Waals surface area contributed by atoms with Crippen LogP contribution in [0.3, 0.4) is 0 Å². The van der Waals surface area contributed by atoms with Crippen LogP contribution in [0.1, 0.15) is 31.9 Å². The molecule has 0 aliphatic rings. The summed E-state index contributed by atoms with van der Waals surface area (Å²) >= 11 is -1.18. The monoisotopic (exact) mass is 313 g/mol. The number of benzene rings is 2. The van der Waals surface area contributed by atoms with Gasteiger partial charge in [-0.3, -0.25) is 0 Å². The maximum absolute atomic E-state index is 2.42. The Balaban J connectivity index is 2.13. The Kier molecular flexibility index (Phi) is 4.87. The zero-order chi connectivity index (χ0) is 13.7. The molecule has 0 saturated heterocycles. The summed E-state index contributed by atoms with van der Waals surface area (Å²) in [7, 11) is 0. The average Bonchev–Trinajstić information content (AvgIpc) is 2.39. The van der Waals surface area contributed by atoms with Crippen LogP contribution >= 0.6 is 0 Å². The quantitative estimate of drug-likeness (QED) is 0.708. The van der Waals surface area contributed by atoms with Crippen molar-refractivity contribution in [3.8, 4) is 0 Å². The number of hydrogen-bond donors (Lipinski definition) is 0. The Bertz CT molecular complexity index is 441. The molecular formula is C18H23Ge. The van der Waals surface area contributed by atoms with Crippen molar-refractivity contribution in [2.75, 3.05) is 0 Å². The van der Waals surface area contributed by atoms with Crippen LogP contribution in [-0.2, 0) is 10.5 Å². The van der Waals surface area contributed by atoms with Crippen molar-refractivity contribution < 1.29 is 0 Å². The predicted molar refractivity (Wildman–Crippen MR) is 85.8 cm³/mol. The van der Waals surface area contributed by atoms with Crippen LogP contribution in [0, 0.1) is 0 Å². The minimum absolute atomic E-state index is 0.492. The SMILES string of the molecule is C[C](C)(C)[Ge]([CH2]c1ccccc1)[CH2]c1ccccc1. The van der Waals surface area contributed by atoms with Crippen molar-refractivity contribution in [2.45, 2.75) is 35.5 Å². The standard InChI is InChI=1S/C18H23Ge/c1-18(2,3)19(14-16-10-6-4-7-11-16)15-17-12-8-5-9-13-17/h4-13H,14-15H2,1-3H3. The Morgan fingerprint density at radius 2 is 1.05 bits per heavy atom.